The van der Waals surface area contributed by atoms with E-state index in [1.807, 2.05) is 18.2 Å². The number of nitrogens with zero attached hydrogens (tertiary/aromatic N) is 4. The summed E-state index contributed by atoms with van der Waals surface area (Å²) in [5, 5.41) is 6.60. The van der Waals surface area contributed by atoms with Gasteiger partial charge in [-0.05, 0) is 30.2 Å². The standard InChI is InChI=1S/C19H17ClN4O3/c20-18-4-1-12(8-21-18)9-23-6-5-14-15(10-23)22-24(19(14)25)13-2-3-16-17(7-13)27-11-26-16/h1-4,7-8,14H,5-6,9-11H2. The fraction of sp³-hybridized carbons (Fsp3) is 0.316. The zero-order valence-electron chi connectivity index (χ0n) is 14.5. The minimum absolute atomic E-state index is 0.0247. The van der Waals surface area contributed by atoms with E-state index in [2.05, 4.69) is 15.0 Å². The monoisotopic (exact) mass is 384 g/mol. The van der Waals surface area contributed by atoms with Gasteiger partial charge in [0.05, 0.1) is 17.3 Å². The molecule has 1 aromatic carbocycles. The summed E-state index contributed by atoms with van der Waals surface area (Å²) >= 11 is 5.85. The minimum atomic E-state index is -0.144. The number of halogens is 1. The summed E-state index contributed by atoms with van der Waals surface area (Å²) in [7, 11) is 0. The number of rotatable bonds is 3. The van der Waals surface area contributed by atoms with E-state index < -0.39 is 0 Å². The number of aromatic nitrogens is 1. The Morgan fingerprint density at radius 1 is 1.19 bits per heavy atom. The highest BCUT2D eigenvalue weighted by atomic mass is 35.5. The normalized spacial score (nSPS) is 21.4. The molecule has 2 aromatic rings. The van der Waals surface area contributed by atoms with E-state index in [-0.39, 0.29) is 18.6 Å². The Morgan fingerprint density at radius 2 is 2.07 bits per heavy atom. The molecule has 8 heteroatoms. The summed E-state index contributed by atoms with van der Waals surface area (Å²) in [4.78, 5) is 19.2. The van der Waals surface area contributed by atoms with Crippen LogP contribution >= 0.6 is 11.6 Å². The van der Waals surface area contributed by atoms with Crippen molar-refractivity contribution in [3.05, 3.63) is 47.2 Å². The van der Waals surface area contributed by atoms with Crippen LogP contribution in [0.1, 0.15) is 12.0 Å². The van der Waals surface area contributed by atoms with Crippen molar-refractivity contribution in [3.8, 4) is 11.5 Å². The Morgan fingerprint density at radius 3 is 2.93 bits per heavy atom. The van der Waals surface area contributed by atoms with Crippen LogP contribution in [0.4, 0.5) is 5.69 Å². The van der Waals surface area contributed by atoms with Gasteiger partial charge in [-0.25, -0.2) is 9.99 Å². The average molecular weight is 385 g/mol. The fourth-order valence-electron chi connectivity index (χ4n) is 3.68. The second kappa shape index (κ2) is 6.51. The number of carbonyl (C=O) groups is 1. The maximum absolute atomic E-state index is 12.8. The van der Waals surface area contributed by atoms with Crippen molar-refractivity contribution in [2.45, 2.75) is 13.0 Å². The topological polar surface area (TPSA) is 67.3 Å². The third-order valence-corrected chi connectivity index (χ3v) is 5.28. The van der Waals surface area contributed by atoms with Crippen LogP contribution in [-0.2, 0) is 11.3 Å². The first-order chi connectivity index (χ1) is 13.2. The van der Waals surface area contributed by atoms with Crippen LogP contribution in [0.15, 0.2) is 41.6 Å². The van der Waals surface area contributed by atoms with E-state index in [0.29, 0.717) is 28.9 Å². The lowest BCUT2D eigenvalue weighted by Crippen LogP contribution is -2.41. The van der Waals surface area contributed by atoms with Crippen molar-refractivity contribution in [1.29, 1.82) is 0 Å². The van der Waals surface area contributed by atoms with Gasteiger partial charge in [0.1, 0.15) is 5.15 Å². The largest absolute Gasteiger partial charge is 0.454 e. The average Bonchev–Trinajstić information content (AvgIpc) is 3.27. The SMILES string of the molecule is O=C1C2CCN(Cc3ccc(Cl)nc3)CC2=NN1c1ccc2c(c1)OCO2. The van der Waals surface area contributed by atoms with Crippen molar-refractivity contribution in [2.75, 3.05) is 24.9 Å². The first kappa shape index (κ1) is 16.5. The van der Waals surface area contributed by atoms with E-state index in [1.165, 1.54) is 5.01 Å². The van der Waals surface area contributed by atoms with Crippen molar-refractivity contribution >= 4 is 28.9 Å². The Kier molecular flexibility index (Phi) is 3.98. The highest BCUT2D eigenvalue weighted by Crippen LogP contribution is 2.37. The third kappa shape index (κ3) is 3.02. The maximum atomic E-state index is 12.8. The number of carbonyl (C=O) groups excluding carboxylic acids is 1. The molecule has 3 aliphatic rings. The van der Waals surface area contributed by atoms with Crippen LogP contribution in [-0.4, -0.2) is 41.4 Å². The number of ether oxygens (including phenoxy) is 2. The van der Waals surface area contributed by atoms with Gasteiger partial charge < -0.3 is 9.47 Å². The number of anilines is 1. The van der Waals surface area contributed by atoms with Crippen molar-refractivity contribution in [2.24, 2.45) is 11.0 Å². The highest BCUT2D eigenvalue weighted by molar-refractivity contribution is 6.29. The predicted octanol–water partition coefficient (Wildman–Crippen LogP) is 2.69. The Labute approximate surface area is 161 Å². The lowest BCUT2D eigenvalue weighted by atomic mass is 9.94. The molecule has 1 amide bonds. The number of amides is 1. The van der Waals surface area contributed by atoms with Gasteiger partial charge in [0.25, 0.3) is 5.91 Å². The highest BCUT2D eigenvalue weighted by Gasteiger charge is 2.40. The van der Waals surface area contributed by atoms with Gasteiger partial charge in [0.2, 0.25) is 6.79 Å². The summed E-state index contributed by atoms with van der Waals surface area (Å²) in [5.41, 5.74) is 2.71. The summed E-state index contributed by atoms with van der Waals surface area (Å²) in [6.45, 7) is 2.47. The van der Waals surface area contributed by atoms with Crippen molar-refractivity contribution in [1.82, 2.24) is 9.88 Å². The Balaban J connectivity index is 1.34. The van der Waals surface area contributed by atoms with E-state index in [4.69, 9.17) is 21.1 Å². The van der Waals surface area contributed by atoms with Gasteiger partial charge in [-0.2, -0.15) is 5.10 Å². The summed E-state index contributed by atoms with van der Waals surface area (Å²) in [6, 6.07) is 9.22. The Hall–Kier alpha value is -2.64. The molecule has 1 fully saturated rings. The summed E-state index contributed by atoms with van der Waals surface area (Å²) in [6.07, 6.45) is 2.55. The number of likely N-dealkylation sites (tertiary alicyclic amines) is 1. The van der Waals surface area contributed by atoms with E-state index in [9.17, 15) is 4.79 Å². The molecule has 4 heterocycles. The number of hydrazone groups is 1. The first-order valence-electron chi connectivity index (χ1n) is 8.81. The third-order valence-electron chi connectivity index (χ3n) is 5.05. The fourth-order valence-corrected chi connectivity index (χ4v) is 3.80. The van der Waals surface area contributed by atoms with E-state index >= 15 is 0 Å². The minimum Gasteiger partial charge on any atom is -0.454 e. The molecular formula is C19H17ClN4O3. The second-order valence-electron chi connectivity index (χ2n) is 6.82. The summed E-state index contributed by atoms with van der Waals surface area (Å²) in [5.74, 6) is 1.22. The van der Waals surface area contributed by atoms with Crippen molar-refractivity contribution < 1.29 is 14.3 Å². The molecular weight excluding hydrogens is 368 g/mol. The molecule has 0 bridgehead atoms. The van der Waals surface area contributed by atoms with Crippen LogP contribution in [0.3, 0.4) is 0 Å². The van der Waals surface area contributed by atoms with Crippen LogP contribution < -0.4 is 14.5 Å². The molecule has 0 spiro atoms. The smallest absolute Gasteiger partial charge is 0.256 e. The van der Waals surface area contributed by atoms with Crippen LogP contribution in [0.25, 0.3) is 0 Å². The molecule has 0 aliphatic carbocycles. The maximum Gasteiger partial charge on any atom is 0.256 e. The molecule has 5 rings (SSSR count). The quantitative estimate of drug-likeness (QED) is 0.761. The van der Waals surface area contributed by atoms with Crippen LogP contribution in [0.5, 0.6) is 11.5 Å². The molecule has 7 nitrogen and oxygen atoms in total. The molecule has 138 valence electrons. The van der Waals surface area contributed by atoms with Gasteiger partial charge >= 0.3 is 0 Å². The predicted molar refractivity (Wildman–Crippen MR) is 100 cm³/mol. The molecule has 0 saturated carbocycles. The number of fused-ring (bicyclic) bond motifs is 2. The molecule has 3 aliphatic heterocycles. The van der Waals surface area contributed by atoms with Gasteiger partial charge in [-0.1, -0.05) is 17.7 Å². The van der Waals surface area contributed by atoms with E-state index in [0.717, 1.165) is 30.8 Å². The molecule has 1 saturated heterocycles. The number of hydrogen-bond acceptors (Lipinski definition) is 6. The number of piperidine rings is 1. The number of pyridine rings is 1. The molecule has 1 unspecified atom stereocenters. The van der Waals surface area contributed by atoms with Gasteiger partial charge in [-0.15, -0.1) is 0 Å². The van der Waals surface area contributed by atoms with Crippen molar-refractivity contribution in [3.63, 3.8) is 0 Å². The lowest BCUT2D eigenvalue weighted by Gasteiger charge is -2.29. The lowest BCUT2D eigenvalue weighted by molar-refractivity contribution is -0.120. The zero-order valence-corrected chi connectivity index (χ0v) is 15.2. The van der Waals surface area contributed by atoms with Crippen LogP contribution in [0, 0.1) is 5.92 Å². The number of benzene rings is 1. The van der Waals surface area contributed by atoms with Gasteiger partial charge in [0, 0.05) is 31.9 Å². The Bertz CT molecular complexity index is 931. The molecule has 0 N–H and O–H groups in total. The molecule has 1 atom stereocenters. The molecule has 0 radical (unpaired) electrons. The van der Waals surface area contributed by atoms with Crippen LogP contribution in [0.2, 0.25) is 5.15 Å². The summed E-state index contributed by atoms with van der Waals surface area (Å²) < 4.78 is 10.7. The van der Waals surface area contributed by atoms with Gasteiger partial charge in [-0.3, -0.25) is 9.69 Å². The van der Waals surface area contributed by atoms with E-state index in [1.54, 1.807) is 18.3 Å². The van der Waals surface area contributed by atoms with Gasteiger partial charge in [0.15, 0.2) is 11.5 Å². The number of hydrogen-bond donors (Lipinski definition) is 0. The second-order valence-corrected chi connectivity index (χ2v) is 7.21. The first-order valence-corrected chi connectivity index (χ1v) is 9.19. The molecule has 1 aromatic heterocycles. The molecule has 27 heavy (non-hydrogen) atoms. The zero-order chi connectivity index (χ0) is 18.4.